The maximum atomic E-state index is 12.0. The van der Waals surface area contributed by atoms with Gasteiger partial charge in [-0.15, -0.1) is 0 Å². The summed E-state index contributed by atoms with van der Waals surface area (Å²) in [4.78, 5) is 14.1. The molecule has 0 spiro atoms. The van der Waals surface area contributed by atoms with Crippen molar-refractivity contribution in [3.8, 4) is 0 Å². The minimum atomic E-state index is -0.0588. The van der Waals surface area contributed by atoms with Gasteiger partial charge in [-0.25, -0.2) is 0 Å². The van der Waals surface area contributed by atoms with Crippen LogP contribution in [-0.4, -0.2) is 30.4 Å². The van der Waals surface area contributed by atoms with Crippen LogP contribution in [0.3, 0.4) is 0 Å². The molecule has 0 saturated carbocycles. The highest BCUT2D eigenvalue weighted by Crippen LogP contribution is 2.22. The third-order valence-corrected chi connectivity index (χ3v) is 2.96. The Bertz CT molecular complexity index is 435. The molecule has 0 heterocycles. The average Bonchev–Trinajstić information content (AvgIpc) is 2.31. The lowest BCUT2D eigenvalue weighted by Gasteiger charge is -2.22. The van der Waals surface area contributed by atoms with Crippen molar-refractivity contribution in [2.75, 3.05) is 30.7 Å². The number of amides is 1. The van der Waals surface area contributed by atoms with Crippen LogP contribution in [0.15, 0.2) is 18.2 Å². The first-order valence-corrected chi connectivity index (χ1v) is 6.87. The third kappa shape index (κ3) is 5.49. The van der Waals surface area contributed by atoms with Crippen LogP contribution >= 0.6 is 11.6 Å². The molecule has 0 saturated heterocycles. The van der Waals surface area contributed by atoms with E-state index in [0.29, 0.717) is 28.9 Å². The zero-order valence-electron chi connectivity index (χ0n) is 11.7. The molecule has 3 N–H and O–H groups in total. The molecule has 19 heavy (non-hydrogen) atoms. The quantitative estimate of drug-likeness (QED) is 0.789. The highest BCUT2D eigenvalue weighted by atomic mass is 35.5. The first-order valence-electron chi connectivity index (χ1n) is 6.49. The fraction of sp³-hybridized carbons (Fsp3) is 0.500. The highest BCUT2D eigenvalue weighted by molar-refractivity contribution is 6.31. The van der Waals surface area contributed by atoms with Gasteiger partial charge < -0.3 is 11.1 Å². The molecule has 0 aliphatic rings. The van der Waals surface area contributed by atoms with Gasteiger partial charge >= 0.3 is 0 Å². The Labute approximate surface area is 119 Å². The molecule has 0 bridgehead atoms. The van der Waals surface area contributed by atoms with E-state index < -0.39 is 0 Å². The third-order valence-electron chi connectivity index (χ3n) is 2.73. The van der Waals surface area contributed by atoms with Crippen LogP contribution in [0.25, 0.3) is 0 Å². The van der Waals surface area contributed by atoms with Gasteiger partial charge in [-0.05, 0) is 30.7 Å². The Morgan fingerprint density at radius 1 is 1.47 bits per heavy atom. The molecule has 0 fully saturated rings. The van der Waals surface area contributed by atoms with Gasteiger partial charge in [0.25, 0.3) is 0 Å². The van der Waals surface area contributed by atoms with E-state index in [9.17, 15) is 4.79 Å². The van der Waals surface area contributed by atoms with Gasteiger partial charge in [0.05, 0.1) is 17.9 Å². The number of carbonyl (C=O) groups excluding carboxylic acids is 1. The smallest absolute Gasteiger partial charge is 0.238 e. The Morgan fingerprint density at radius 3 is 2.68 bits per heavy atom. The van der Waals surface area contributed by atoms with E-state index in [4.69, 9.17) is 17.3 Å². The number of likely N-dealkylation sites (N-methyl/N-ethyl adjacent to an activating group) is 1. The number of halogens is 1. The largest absolute Gasteiger partial charge is 0.397 e. The lowest BCUT2D eigenvalue weighted by atomic mass is 10.2. The first kappa shape index (κ1) is 15.8. The van der Waals surface area contributed by atoms with Crippen LogP contribution in [0.1, 0.15) is 20.8 Å². The van der Waals surface area contributed by atoms with Crippen molar-refractivity contribution in [3.05, 3.63) is 23.2 Å². The molecular formula is C14H22ClN3O. The topological polar surface area (TPSA) is 58.4 Å². The van der Waals surface area contributed by atoms with Crippen molar-refractivity contribution in [1.82, 2.24) is 4.90 Å². The zero-order chi connectivity index (χ0) is 14.4. The van der Waals surface area contributed by atoms with Crippen molar-refractivity contribution >= 4 is 28.9 Å². The van der Waals surface area contributed by atoms with E-state index in [1.807, 2.05) is 6.92 Å². The van der Waals surface area contributed by atoms with Gasteiger partial charge in [-0.2, -0.15) is 0 Å². The van der Waals surface area contributed by atoms with E-state index in [0.717, 1.165) is 13.1 Å². The molecule has 0 aliphatic carbocycles. The summed E-state index contributed by atoms with van der Waals surface area (Å²) in [5.74, 6) is 0.477. The molecule has 1 aromatic carbocycles. The standard InChI is InChI=1S/C14H22ClN3O/c1-4-18(8-10(2)3)9-14(19)17-13-6-5-11(15)7-12(13)16/h5-7,10H,4,8-9,16H2,1-3H3,(H,17,19). The first-order chi connectivity index (χ1) is 8.92. The average molecular weight is 284 g/mol. The number of nitrogen functional groups attached to an aromatic ring is 1. The molecule has 106 valence electrons. The number of hydrogen-bond donors (Lipinski definition) is 2. The Kier molecular flexibility index (Phi) is 6.12. The zero-order valence-corrected chi connectivity index (χ0v) is 12.5. The summed E-state index contributed by atoms with van der Waals surface area (Å²) in [6, 6.07) is 5.05. The molecule has 0 aromatic heterocycles. The summed E-state index contributed by atoms with van der Waals surface area (Å²) < 4.78 is 0. The number of nitrogens with one attached hydrogen (secondary N) is 1. The van der Waals surface area contributed by atoms with Gasteiger partial charge in [0.15, 0.2) is 0 Å². The van der Waals surface area contributed by atoms with E-state index >= 15 is 0 Å². The molecule has 0 atom stereocenters. The number of nitrogens with two attached hydrogens (primary N) is 1. The fourth-order valence-electron chi connectivity index (χ4n) is 1.86. The maximum Gasteiger partial charge on any atom is 0.238 e. The molecule has 0 unspecified atom stereocenters. The number of hydrogen-bond acceptors (Lipinski definition) is 3. The van der Waals surface area contributed by atoms with Crippen LogP contribution in [-0.2, 0) is 4.79 Å². The molecule has 1 aromatic rings. The van der Waals surface area contributed by atoms with Crippen LogP contribution < -0.4 is 11.1 Å². The summed E-state index contributed by atoms with van der Waals surface area (Å²) in [5, 5.41) is 3.37. The number of benzene rings is 1. The van der Waals surface area contributed by atoms with E-state index in [1.165, 1.54) is 0 Å². The Hall–Kier alpha value is -1.26. The summed E-state index contributed by atoms with van der Waals surface area (Å²) in [6.45, 7) is 8.44. The summed E-state index contributed by atoms with van der Waals surface area (Å²) in [7, 11) is 0. The number of nitrogens with zero attached hydrogens (tertiary/aromatic N) is 1. The summed E-state index contributed by atoms with van der Waals surface area (Å²) in [6.07, 6.45) is 0. The van der Waals surface area contributed by atoms with Gasteiger partial charge in [-0.1, -0.05) is 32.4 Å². The SMILES string of the molecule is CCN(CC(=O)Nc1ccc(Cl)cc1N)CC(C)C. The van der Waals surface area contributed by atoms with Crippen LogP contribution in [0, 0.1) is 5.92 Å². The van der Waals surface area contributed by atoms with Gasteiger partial charge in [-0.3, -0.25) is 9.69 Å². The molecule has 1 amide bonds. The second-order valence-corrected chi connectivity index (χ2v) is 5.44. The molecule has 5 heteroatoms. The van der Waals surface area contributed by atoms with Crippen LogP contribution in [0.2, 0.25) is 5.02 Å². The second-order valence-electron chi connectivity index (χ2n) is 5.00. The Morgan fingerprint density at radius 2 is 2.16 bits per heavy atom. The van der Waals surface area contributed by atoms with E-state index in [-0.39, 0.29) is 5.91 Å². The molecular weight excluding hydrogens is 262 g/mol. The van der Waals surface area contributed by atoms with Crippen molar-refractivity contribution in [2.45, 2.75) is 20.8 Å². The summed E-state index contributed by atoms with van der Waals surface area (Å²) in [5.41, 5.74) is 6.89. The van der Waals surface area contributed by atoms with E-state index in [2.05, 4.69) is 24.1 Å². The lowest BCUT2D eigenvalue weighted by Crippen LogP contribution is -2.35. The molecule has 0 aliphatic heterocycles. The monoisotopic (exact) mass is 283 g/mol. The van der Waals surface area contributed by atoms with Crippen LogP contribution in [0.5, 0.6) is 0 Å². The second kappa shape index (κ2) is 7.36. The van der Waals surface area contributed by atoms with Gasteiger partial charge in [0.1, 0.15) is 0 Å². The molecule has 0 radical (unpaired) electrons. The maximum absolute atomic E-state index is 12.0. The fourth-order valence-corrected chi connectivity index (χ4v) is 2.04. The van der Waals surface area contributed by atoms with Crippen molar-refractivity contribution < 1.29 is 4.79 Å². The minimum absolute atomic E-state index is 0.0588. The number of anilines is 2. The van der Waals surface area contributed by atoms with Crippen LogP contribution in [0.4, 0.5) is 11.4 Å². The van der Waals surface area contributed by atoms with Crippen molar-refractivity contribution in [2.24, 2.45) is 5.92 Å². The minimum Gasteiger partial charge on any atom is -0.397 e. The van der Waals surface area contributed by atoms with Crippen molar-refractivity contribution in [1.29, 1.82) is 0 Å². The highest BCUT2D eigenvalue weighted by Gasteiger charge is 2.11. The number of carbonyl (C=O) groups is 1. The predicted molar refractivity (Wildman–Crippen MR) is 81.4 cm³/mol. The summed E-state index contributed by atoms with van der Waals surface area (Å²) >= 11 is 5.82. The predicted octanol–water partition coefficient (Wildman–Crippen LogP) is 2.84. The molecule has 4 nitrogen and oxygen atoms in total. The van der Waals surface area contributed by atoms with Gasteiger partial charge in [0, 0.05) is 11.6 Å². The van der Waals surface area contributed by atoms with Gasteiger partial charge in [0.2, 0.25) is 5.91 Å². The Balaban J connectivity index is 2.59. The van der Waals surface area contributed by atoms with E-state index in [1.54, 1.807) is 18.2 Å². The lowest BCUT2D eigenvalue weighted by molar-refractivity contribution is -0.117. The molecule has 1 rings (SSSR count). The normalized spacial score (nSPS) is 11.1. The van der Waals surface area contributed by atoms with Crippen molar-refractivity contribution in [3.63, 3.8) is 0 Å². The number of rotatable bonds is 6.